The first-order valence-electron chi connectivity index (χ1n) is 9.79. The quantitative estimate of drug-likeness (QED) is 0.432. The van der Waals surface area contributed by atoms with E-state index in [1.54, 1.807) is 29.6 Å². The van der Waals surface area contributed by atoms with Crippen molar-refractivity contribution in [1.82, 2.24) is 25.2 Å². The standard InChI is InChI=1S/C22H20N6O3S/c1-14-6-7-15(2)19(8-14)25-20(29)10-21-24-17(12-32-21)11-31-22(30)16-4-3-5-18(9-16)28-13-23-26-27-28/h3-9,12-13H,10-11H2,1-2H3,(H,25,29). The van der Waals surface area contributed by atoms with Crippen LogP contribution >= 0.6 is 11.3 Å². The maximum absolute atomic E-state index is 12.4. The molecule has 0 atom stereocenters. The summed E-state index contributed by atoms with van der Waals surface area (Å²) in [6.07, 6.45) is 1.59. The smallest absolute Gasteiger partial charge is 0.338 e. The van der Waals surface area contributed by atoms with Gasteiger partial charge in [-0.3, -0.25) is 4.79 Å². The minimum Gasteiger partial charge on any atom is -0.456 e. The number of anilines is 1. The minimum atomic E-state index is -0.484. The van der Waals surface area contributed by atoms with Gasteiger partial charge >= 0.3 is 5.97 Å². The number of benzene rings is 2. The fourth-order valence-corrected chi connectivity index (χ4v) is 3.75. The van der Waals surface area contributed by atoms with Gasteiger partial charge in [0.05, 0.1) is 23.4 Å². The molecule has 4 rings (SSSR count). The fourth-order valence-electron chi connectivity index (χ4n) is 2.98. The summed E-state index contributed by atoms with van der Waals surface area (Å²) in [6.45, 7) is 3.94. The first-order chi connectivity index (χ1) is 15.5. The van der Waals surface area contributed by atoms with Crippen molar-refractivity contribution >= 4 is 28.9 Å². The van der Waals surface area contributed by atoms with Gasteiger partial charge in [0.2, 0.25) is 5.91 Å². The van der Waals surface area contributed by atoms with Gasteiger partial charge in [0.15, 0.2) is 0 Å². The molecule has 162 valence electrons. The van der Waals surface area contributed by atoms with E-state index >= 15 is 0 Å². The molecule has 2 aromatic carbocycles. The molecule has 0 saturated heterocycles. The Morgan fingerprint density at radius 3 is 2.84 bits per heavy atom. The Morgan fingerprint density at radius 2 is 2.03 bits per heavy atom. The van der Waals surface area contributed by atoms with Gasteiger partial charge in [0, 0.05) is 11.1 Å². The second-order valence-corrected chi connectivity index (χ2v) is 8.10. The molecule has 32 heavy (non-hydrogen) atoms. The fraction of sp³-hybridized carbons (Fsp3) is 0.182. The number of carbonyl (C=O) groups excluding carboxylic acids is 2. The maximum atomic E-state index is 12.4. The van der Waals surface area contributed by atoms with Crippen molar-refractivity contribution in [2.75, 3.05) is 5.32 Å². The molecule has 0 unspecified atom stereocenters. The second kappa shape index (κ2) is 9.48. The van der Waals surface area contributed by atoms with Crippen molar-refractivity contribution in [3.8, 4) is 5.69 Å². The summed E-state index contributed by atoms with van der Waals surface area (Å²) in [6, 6.07) is 12.7. The number of hydrogen-bond acceptors (Lipinski definition) is 8. The van der Waals surface area contributed by atoms with Gasteiger partial charge in [0.1, 0.15) is 17.9 Å². The Kier molecular flexibility index (Phi) is 6.31. The lowest BCUT2D eigenvalue weighted by atomic mass is 10.1. The van der Waals surface area contributed by atoms with Crippen molar-refractivity contribution in [2.24, 2.45) is 0 Å². The highest BCUT2D eigenvalue weighted by Crippen LogP contribution is 2.18. The summed E-state index contributed by atoms with van der Waals surface area (Å²) < 4.78 is 6.82. The van der Waals surface area contributed by atoms with Crippen LogP contribution in [0.15, 0.2) is 54.2 Å². The first kappa shape index (κ1) is 21.3. The third kappa shape index (κ3) is 5.22. The number of aromatic nitrogens is 5. The van der Waals surface area contributed by atoms with Crippen molar-refractivity contribution in [3.63, 3.8) is 0 Å². The van der Waals surface area contributed by atoms with Crippen LogP contribution in [0.3, 0.4) is 0 Å². The molecule has 2 heterocycles. The van der Waals surface area contributed by atoms with Gasteiger partial charge in [-0.25, -0.2) is 14.5 Å². The number of amides is 1. The average Bonchev–Trinajstić information content (AvgIpc) is 3.47. The predicted molar refractivity (Wildman–Crippen MR) is 119 cm³/mol. The van der Waals surface area contributed by atoms with Crippen LogP contribution in [0, 0.1) is 13.8 Å². The summed E-state index contributed by atoms with van der Waals surface area (Å²) >= 11 is 1.36. The molecule has 0 radical (unpaired) electrons. The highest BCUT2D eigenvalue weighted by molar-refractivity contribution is 7.09. The third-order valence-electron chi connectivity index (χ3n) is 4.62. The molecule has 2 aromatic heterocycles. The SMILES string of the molecule is Cc1ccc(C)c(NC(=O)Cc2nc(COC(=O)c3cccc(-n4cnnn4)c3)cs2)c1. The van der Waals surface area contributed by atoms with Gasteiger partial charge in [-0.05, 0) is 59.7 Å². The summed E-state index contributed by atoms with van der Waals surface area (Å²) in [5.74, 6) is -0.627. The summed E-state index contributed by atoms with van der Waals surface area (Å²) in [5, 5.41) is 16.3. The van der Waals surface area contributed by atoms with Crippen molar-refractivity contribution in [2.45, 2.75) is 26.9 Å². The van der Waals surface area contributed by atoms with E-state index in [0.717, 1.165) is 16.8 Å². The molecule has 0 aliphatic rings. The van der Waals surface area contributed by atoms with Crippen LogP contribution in [-0.2, 0) is 22.6 Å². The molecule has 0 saturated carbocycles. The normalized spacial score (nSPS) is 10.7. The van der Waals surface area contributed by atoms with Crippen molar-refractivity contribution in [1.29, 1.82) is 0 Å². The Morgan fingerprint density at radius 1 is 1.16 bits per heavy atom. The molecule has 10 heteroatoms. The molecular formula is C22H20N6O3S. The highest BCUT2D eigenvalue weighted by Gasteiger charge is 2.13. The summed E-state index contributed by atoms with van der Waals surface area (Å²) in [7, 11) is 0. The van der Waals surface area contributed by atoms with Gasteiger partial charge in [-0.1, -0.05) is 18.2 Å². The molecule has 0 aliphatic heterocycles. The lowest BCUT2D eigenvalue weighted by Crippen LogP contribution is -2.15. The highest BCUT2D eigenvalue weighted by atomic mass is 32.1. The predicted octanol–water partition coefficient (Wildman–Crippen LogP) is 3.27. The second-order valence-electron chi connectivity index (χ2n) is 7.16. The summed E-state index contributed by atoms with van der Waals surface area (Å²) in [5.41, 5.74) is 4.49. The Bertz CT molecular complexity index is 1250. The molecule has 9 nitrogen and oxygen atoms in total. The van der Waals surface area contributed by atoms with Gasteiger partial charge in [-0.15, -0.1) is 16.4 Å². The maximum Gasteiger partial charge on any atom is 0.338 e. The zero-order chi connectivity index (χ0) is 22.5. The lowest BCUT2D eigenvalue weighted by Gasteiger charge is -2.08. The molecule has 1 N–H and O–H groups in total. The van der Waals surface area contributed by atoms with E-state index in [1.807, 2.05) is 32.0 Å². The molecule has 0 aliphatic carbocycles. The van der Waals surface area contributed by atoms with Crippen LogP contribution < -0.4 is 5.32 Å². The number of rotatable bonds is 7. The topological polar surface area (TPSA) is 112 Å². The minimum absolute atomic E-state index is 0.0169. The molecule has 0 spiro atoms. The van der Waals surface area contributed by atoms with Crippen LogP contribution in [-0.4, -0.2) is 37.1 Å². The van der Waals surface area contributed by atoms with Crippen LogP contribution in [0.1, 0.15) is 32.2 Å². The van der Waals surface area contributed by atoms with Crippen molar-refractivity contribution < 1.29 is 14.3 Å². The molecular weight excluding hydrogens is 428 g/mol. The van der Waals surface area contributed by atoms with Crippen LogP contribution in [0.5, 0.6) is 0 Å². The Hall–Kier alpha value is -3.92. The van der Waals surface area contributed by atoms with E-state index in [-0.39, 0.29) is 18.9 Å². The van der Waals surface area contributed by atoms with E-state index < -0.39 is 5.97 Å². The first-order valence-corrected chi connectivity index (χ1v) is 10.7. The molecule has 4 aromatic rings. The number of nitrogens with zero attached hydrogens (tertiary/aromatic N) is 5. The molecule has 0 bridgehead atoms. The van der Waals surface area contributed by atoms with Gasteiger partial charge in [0.25, 0.3) is 0 Å². The van der Waals surface area contributed by atoms with Gasteiger partial charge in [-0.2, -0.15) is 0 Å². The number of thiazole rings is 1. The number of aryl methyl sites for hydroxylation is 2. The number of hydrogen-bond donors (Lipinski definition) is 1. The monoisotopic (exact) mass is 448 g/mol. The largest absolute Gasteiger partial charge is 0.456 e. The van der Waals surface area contributed by atoms with E-state index in [0.29, 0.717) is 22.0 Å². The average molecular weight is 449 g/mol. The number of carbonyl (C=O) groups is 2. The third-order valence-corrected chi connectivity index (χ3v) is 5.52. The van der Waals surface area contributed by atoms with E-state index in [1.165, 1.54) is 22.3 Å². The molecule has 1 amide bonds. The zero-order valence-corrected chi connectivity index (χ0v) is 18.3. The molecule has 0 fully saturated rings. The number of esters is 1. The van der Waals surface area contributed by atoms with Gasteiger partial charge < -0.3 is 10.1 Å². The number of tetrazole rings is 1. The van der Waals surface area contributed by atoms with E-state index in [4.69, 9.17) is 4.74 Å². The van der Waals surface area contributed by atoms with Crippen LogP contribution in [0.2, 0.25) is 0 Å². The van der Waals surface area contributed by atoms with E-state index in [9.17, 15) is 9.59 Å². The van der Waals surface area contributed by atoms with Crippen molar-refractivity contribution in [3.05, 3.63) is 81.6 Å². The Labute approximate surface area is 188 Å². The van der Waals surface area contributed by atoms with Crippen LogP contribution in [0.25, 0.3) is 5.69 Å². The zero-order valence-electron chi connectivity index (χ0n) is 17.5. The number of nitrogens with one attached hydrogen (secondary N) is 1. The Balaban J connectivity index is 1.32. The number of ether oxygens (including phenoxy) is 1. The van der Waals surface area contributed by atoms with Crippen LogP contribution in [0.4, 0.5) is 5.69 Å². The van der Waals surface area contributed by atoms with E-state index in [2.05, 4.69) is 25.8 Å². The summed E-state index contributed by atoms with van der Waals surface area (Å²) in [4.78, 5) is 29.2. The lowest BCUT2D eigenvalue weighted by molar-refractivity contribution is -0.115.